The summed E-state index contributed by atoms with van der Waals surface area (Å²) < 4.78 is 0. The molecule has 0 amide bonds. The Morgan fingerprint density at radius 3 is 2.46 bits per heavy atom. The van der Waals surface area contributed by atoms with Crippen LogP contribution in [0.4, 0.5) is 0 Å². The van der Waals surface area contributed by atoms with Crippen LogP contribution < -0.4 is 0 Å². The Morgan fingerprint density at radius 1 is 1.15 bits per heavy atom. The molecule has 1 fully saturated rings. The molecule has 1 aliphatic rings. The molecule has 1 saturated heterocycles. The second-order valence-corrected chi connectivity index (χ2v) is 4.05. The number of nitrogens with zero attached hydrogens (tertiary/aromatic N) is 1. The van der Waals surface area contributed by atoms with E-state index < -0.39 is 0 Å². The molecule has 0 saturated carbocycles. The van der Waals surface area contributed by atoms with Gasteiger partial charge in [0.1, 0.15) is 0 Å². The van der Waals surface area contributed by atoms with E-state index >= 15 is 0 Å². The van der Waals surface area contributed by atoms with Gasteiger partial charge in [-0.05, 0) is 50.0 Å². The normalized spacial score (nSPS) is 17.1. The summed E-state index contributed by atoms with van der Waals surface area (Å²) in [7, 11) is 0. The van der Waals surface area contributed by atoms with Crippen LogP contribution in [0.2, 0.25) is 0 Å². The molecule has 1 aromatic rings. The van der Waals surface area contributed by atoms with E-state index in [4.69, 9.17) is 0 Å². The van der Waals surface area contributed by atoms with Gasteiger partial charge in [-0.2, -0.15) is 0 Å². The van der Waals surface area contributed by atoms with Gasteiger partial charge in [0, 0.05) is 6.54 Å². The van der Waals surface area contributed by atoms with Crippen LogP contribution in [0.25, 0.3) is 0 Å². The van der Waals surface area contributed by atoms with Crippen LogP contribution in [-0.2, 0) is 6.54 Å². The van der Waals surface area contributed by atoms with Crippen LogP contribution >= 0.6 is 0 Å². The third kappa shape index (κ3) is 1.92. The minimum absolute atomic E-state index is 1.14. The Morgan fingerprint density at radius 2 is 1.92 bits per heavy atom. The topological polar surface area (TPSA) is 3.24 Å². The molecule has 0 bridgehead atoms. The zero-order chi connectivity index (χ0) is 9.26. The summed E-state index contributed by atoms with van der Waals surface area (Å²) in [5, 5.41) is 0. The molecule has 1 heteroatoms. The molecule has 0 atom stereocenters. The van der Waals surface area contributed by atoms with Gasteiger partial charge in [-0.25, -0.2) is 0 Å². The molecule has 0 spiro atoms. The molecule has 1 nitrogen and oxygen atoms in total. The maximum Gasteiger partial charge on any atom is 0.0233 e. The fraction of sp³-hybridized carbons (Fsp3) is 0.500. The maximum absolute atomic E-state index is 2.49. The van der Waals surface area contributed by atoms with Gasteiger partial charge in [0.05, 0.1) is 0 Å². The van der Waals surface area contributed by atoms with E-state index in [1.807, 2.05) is 0 Å². The first-order valence-corrected chi connectivity index (χ1v) is 5.04. The van der Waals surface area contributed by atoms with Gasteiger partial charge in [0.2, 0.25) is 0 Å². The van der Waals surface area contributed by atoms with Crippen molar-refractivity contribution >= 4 is 0 Å². The Hall–Kier alpha value is -0.820. The predicted octanol–water partition coefficient (Wildman–Crippen LogP) is 2.51. The van der Waals surface area contributed by atoms with Crippen molar-refractivity contribution in [1.29, 1.82) is 0 Å². The average molecular weight is 175 g/mol. The lowest BCUT2D eigenvalue weighted by Crippen LogP contribution is -2.36. The van der Waals surface area contributed by atoms with Gasteiger partial charge >= 0.3 is 0 Å². The predicted molar refractivity (Wildman–Crippen MR) is 55.8 cm³/mol. The van der Waals surface area contributed by atoms with Crippen molar-refractivity contribution in [3.63, 3.8) is 0 Å². The van der Waals surface area contributed by atoms with E-state index in [9.17, 15) is 0 Å². The molecule has 0 aliphatic carbocycles. The van der Waals surface area contributed by atoms with Gasteiger partial charge in [-0.1, -0.05) is 18.2 Å². The summed E-state index contributed by atoms with van der Waals surface area (Å²) in [4.78, 5) is 2.49. The third-order valence-corrected chi connectivity index (χ3v) is 2.93. The van der Waals surface area contributed by atoms with Crippen LogP contribution in [0.3, 0.4) is 0 Å². The van der Waals surface area contributed by atoms with Crippen LogP contribution in [0.1, 0.15) is 23.1 Å². The smallest absolute Gasteiger partial charge is 0.0233 e. The Bertz CT molecular complexity index is 300. The highest BCUT2D eigenvalue weighted by molar-refractivity contribution is 5.29. The lowest BCUT2D eigenvalue weighted by atomic mass is 10.1. The third-order valence-electron chi connectivity index (χ3n) is 2.93. The zero-order valence-electron chi connectivity index (χ0n) is 8.51. The van der Waals surface area contributed by atoms with Gasteiger partial charge < -0.3 is 0 Å². The molecular formula is C12H17N. The van der Waals surface area contributed by atoms with Gasteiger partial charge in [-0.15, -0.1) is 0 Å². The molecule has 1 aromatic carbocycles. The number of aryl methyl sites for hydroxylation is 2. The van der Waals surface area contributed by atoms with Crippen LogP contribution in [0, 0.1) is 13.8 Å². The zero-order valence-corrected chi connectivity index (χ0v) is 8.51. The van der Waals surface area contributed by atoms with Crippen molar-refractivity contribution < 1.29 is 0 Å². The van der Waals surface area contributed by atoms with Gasteiger partial charge in [-0.3, -0.25) is 4.90 Å². The van der Waals surface area contributed by atoms with Gasteiger partial charge in [0.25, 0.3) is 0 Å². The Kier molecular flexibility index (Phi) is 2.36. The van der Waals surface area contributed by atoms with E-state index in [-0.39, 0.29) is 0 Å². The van der Waals surface area contributed by atoms with Crippen molar-refractivity contribution in [2.24, 2.45) is 0 Å². The van der Waals surface area contributed by atoms with Crippen molar-refractivity contribution in [3.8, 4) is 0 Å². The first kappa shape index (κ1) is 8.76. The fourth-order valence-electron chi connectivity index (χ4n) is 1.70. The lowest BCUT2D eigenvalue weighted by Gasteiger charge is -2.30. The highest BCUT2D eigenvalue weighted by atomic mass is 15.2. The molecule has 1 heterocycles. The summed E-state index contributed by atoms with van der Waals surface area (Å²) in [6.07, 6.45) is 1.38. The minimum atomic E-state index is 1.14. The highest BCUT2D eigenvalue weighted by Gasteiger charge is 2.13. The average Bonchev–Trinajstić information content (AvgIpc) is 2.04. The number of likely N-dealkylation sites (tertiary alicyclic amines) is 1. The van der Waals surface area contributed by atoms with Crippen molar-refractivity contribution in [2.45, 2.75) is 26.8 Å². The molecular weight excluding hydrogens is 158 g/mol. The van der Waals surface area contributed by atoms with Crippen LogP contribution in [0.5, 0.6) is 0 Å². The summed E-state index contributed by atoms with van der Waals surface area (Å²) in [6, 6.07) is 6.79. The van der Waals surface area contributed by atoms with E-state index in [1.165, 1.54) is 36.2 Å². The van der Waals surface area contributed by atoms with E-state index in [1.54, 1.807) is 0 Å². The monoisotopic (exact) mass is 175 g/mol. The van der Waals surface area contributed by atoms with Crippen molar-refractivity contribution in [1.82, 2.24) is 4.90 Å². The highest BCUT2D eigenvalue weighted by Crippen LogP contribution is 2.15. The van der Waals surface area contributed by atoms with E-state index in [2.05, 4.69) is 36.9 Å². The number of hydrogen-bond acceptors (Lipinski definition) is 1. The summed E-state index contributed by atoms with van der Waals surface area (Å²) in [6.45, 7) is 8.07. The second-order valence-electron chi connectivity index (χ2n) is 4.05. The van der Waals surface area contributed by atoms with Crippen LogP contribution in [0.15, 0.2) is 18.2 Å². The fourth-order valence-corrected chi connectivity index (χ4v) is 1.70. The SMILES string of the molecule is Cc1ccc(CN2CCC2)cc1C. The molecule has 0 radical (unpaired) electrons. The Labute approximate surface area is 80.4 Å². The summed E-state index contributed by atoms with van der Waals surface area (Å²) in [5.74, 6) is 0. The van der Waals surface area contributed by atoms with Crippen LogP contribution in [-0.4, -0.2) is 18.0 Å². The minimum Gasteiger partial charge on any atom is -0.299 e. The second kappa shape index (κ2) is 3.51. The van der Waals surface area contributed by atoms with Gasteiger partial charge in [0.15, 0.2) is 0 Å². The molecule has 0 unspecified atom stereocenters. The molecule has 0 N–H and O–H groups in total. The molecule has 1 aliphatic heterocycles. The summed E-state index contributed by atoms with van der Waals surface area (Å²) in [5.41, 5.74) is 4.27. The number of rotatable bonds is 2. The molecule has 13 heavy (non-hydrogen) atoms. The Balaban J connectivity index is 2.07. The quantitative estimate of drug-likeness (QED) is 0.667. The molecule has 70 valence electrons. The number of hydrogen-bond donors (Lipinski definition) is 0. The first-order chi connectivity index (χ1) is 6.25. The number of benzene rings is 1. The standard InChI is InChI=1S/C12H17N/c1-10-4-5-12(8-11(10)2)9-13-6-3-7-13/h4-5,8H,3,6-7,9H2,1-2H3. The van der Waals surface area contributed by atoms with Crippen molar-refractivity contribution in [3.05, 3.63) is 34.9 Å². The maximum atomic E-state index is 2.49. The molecule has 2 rings (SSSR count). The van der Waals surface area contributed by atoms with Crippen molar-refractivity contribution in [2.75, 3.05) is 13.1 Å². The largest absolute Gasteiger partial charge is 0.299 e. The first-order valence-electron chi connectivity index (χ1n) is 5.04. The molecule has 0 aromatic heterocycles. The lowest BCUT2D eigenvalue weighted by molar-refractivity contribution is 0.172. The summed E-state index contributed by atoms with van der Waals surface area (Å²) >= 11 is 0. The van der Waals surface area contributed by atoms with E-state index in [0.717, 1.165) is 6.54 Å². The van der Waals surface area contributed by atoms with E-state index in [0.29, 0.717) is 0 Å².